The molecule has 0 aliphatic heterocycles. The van der Waals surface area contributed by atoms with Crippen molar-refractivity contribution in [2.75, 3.05) is 5.73 Å². The average molecular weight is 203 g/mol. The summed E-state index contributed by atoms with van der Waals surface area (Å²) in [7, 11) is 0. The molecule has 0 spiro atoms. The van der Waals surface area contributed by atoms with Crippen LogP contribution in [0, 0.1) is 0 Å². The van der Waals surface area contributed by atoms with Gasteiger partial charge in [0, 0.05) is 11.3 Å². The first kappa shape index (κ1) is 9.45. The summed E-state index contributed by atoms with van der Waals surface area (Å²) in [4.78, 5) is 22.3. The van der Waals surface area contributed by atoms with Crippen LogP contribution in [0.25, 0.3) is 6.08 Å². The molecule has 76 valence electrons. The van der Waals surface area contributed by atoms with Crippen LogP contribution >= 0.6 is 0 Å². The van der Waals surface area contributed by atoms with Crippen molar-refractivity contribution in [2.24, 2.45) is 0 Å². The van der Waals surface area contributed by atoms with Crippen LogP contribution in [0.2, 0.25) is 0 Å². The Kier molecular flexibility index (Phi) is 2.04. The summed E-state index contributed by atoms with van der Waals surface area (Å²) < 4.78 is 0. The first-order valence-electron chi connectivity index (χ1n) is 4.44. The van der Waals surface area contributed by atoms with Gasteiger partial charge in [0.15, 0.2) is 5.78 Å². The third-order valence-electron chi connectivity index (χ3n) is 2.43. The van der Waals surface area contributed by atoms with E-state index in [0.29, 0.717) is 16.8 Å². The molecule has 1 aliphatic carbocycles. The second-order valence-corrected chi connectivity index (χ2v) is 3.36. The van der Waals surface area contributed by atoms with Crippen LogP contribution in [0.1, 0.15) is 17.0 Å². The first-order chi connectivity index (χ1) is 7.11. The highest BCUT2D eigenvalue weighted by Gasteiger charge is 2.31. The SMILES string of the molecule is Nc1cccc2c1C=CC(=O)C2C(=O)O. The zero-order valence-corrected chi connectivity index (χ0v) is 7.81. The largest absolute Gasteiger partial charge is 0.480 e. The van der Waals surface area contributed by atoms with E-state index in [1.165, 1.54) is 6.08 Å². The molecule has 0 fully saturated rings. The minimum absolute atomic E-state index is 0.416. The van der Waals surface area contributed by atoms with Gasteiger partial charge in [0.25, 0.3) is 0 Å². The van der Waals surface area contributed by atoms with Crippen molar-refractivity contribution in [1.29, 1.82) is 0 Å². The van der Waals surface area contributed by atoms with Gasteiger partial charge in [-0.25, -0.2) is 0 Å². The van der Waals surface area contributed by atoms with Crippen LogP contribution in [0.4, 0.5) is 5.69 Å². The number of aliphatic carboxylic acids is 1. The number of nitrogens with two attached hydrogens (primary N) is 1. The Bertz CT molecular complexity index is 477. The summed E-state index contributed by atoms with van der Waals surface area (Å²) in [6.45, 7) is 0. The van der Waals surface area contributed by atoms with Crippen LogP contribution in [0.3, 0.4) is 0 Å². The highest BCUT2D eigenvalue weighted by atomic mass is 16.4. The van der Waals surface area contributed by atoms with Crippen molar-refractivity contribution in [3.05, 3.63) is 35.4 Å². The fourth-order valence-corrected chi connectivity index (χ4v) is 1.72. The number of carbonyl (C=O) groups excluding carboxylic acids is 1. The second kappa shape index (κ2) is 3.24. The van der Waals surface area contributed by atoms with E-state index in [4.69, 9.17) is 10.8 Å². The molecular weight excluding hydrogens is 194 g/mol. The summed E-state index contributed by atoms with van der Waals surface area (Å²) in [5.74, 6) is -2.68. The molecule has 1 aromatic carbocycles. The average Bonchev–Trinajstić information content (AvgIpc) is 2.17. The molecule has 15 heavy (non-hydrogen) atoms. The zero-order valence-electron chi connectivity index (χ0n) is 7.81. The molecule has 3 N–H and O–H groups in total. The smallest absolute Gasteiger partial charge is 0.318 e. The minimum atomic E-state index is -1.14. The number of carboxylic acids is 1. The molecule has 0 saturated heterocycles. The van der Waals surface area contributed by atoms with Crippen LogP contribution in [0.5, 0.6) is 0 Å². The standard InChI is InChI=1S/C11H9NO3/c12-8-3-1-2-7-6(8)4-5-9(13)10(7)11(14)15/h1-5,10H,12H2,(H,14,15). The van der Waals surface area contributed by atoms with Crippen molar-refractivity contribution >= 4 is 23.5 Å². The Morgan fingerprint density at radius 1 is 1.33 bits per heavy atom. The molecule has 0 bridgehead atoms. The Morgan fingerprint density at radius 3 is 2.73 bits per heavy atom. The monoisotopic (exact) mass is 203 g/mol. The number of hydrogen-bond donors (Lipinski definition) is 2. The van der Waals surface area contributed by atoms with Crippen LogP contribution in [-0.2, 0) is 9.59 Å². The number of carboxylic acid groups (broad SMARTS) is 1. The van der Waals surface area contributed by atoms with Gasteiger partial charge in [-0.3, -0.25) is 9.59 Å². The van der Waals surface area contributed by atoms with Gasteiger partial charge in [-0.2, -0.15) is 0 Å². The molecule has 0 heterocycles. The van der Waals surface area contributed by atoms with E-state index in [2.05, 4.69) is 0 Å². The molecule has 1 unspecified atom stereocenters. The van der Waals surface area contributed by atoms with Gasteiger partial charge >= 0.3 is 5.97 Å². The van der Waals surface area contributed by atoms with Crippen LogP contribution < -0.4 is 5.73 Å². The third-order valence-corrected chi connectivity index (χ3v) is 2.43. The maximum atomic E-state index is 11.4. The van der Waals surface area contributed by atoms with Gasteiger partial charge in [-0.1, -0.05) is 12.1 Å². The lowest BCUT2D eigenvalue weighted by Crippen LogP contribution is -2.23. The Labute approximate surface area is 86.0 Å². The topological polar surface area (TPSA) is 80.4 Å². The first-order valence-corrected chi connectivity index (χ1v) is 4.44. The lowest BCUT2D eigenvalue weighted by Gasteiger charge is -2.17. The third kappa shape index (κ3) is 1.40. The lowest BCUT2D eigenvalue weighted by atomic mass is 9.85. The molecule has 0 saturated carbocycles. The van der Waals surface area contributed by atoms with Crippen molar-refractivity contribution in [3.63, 3.8) is 0 Å². The predicted octanol–water partition coefficient (Wildman–Crippen LogP) is 1.03. The van der Waals surface area contributed by atoms with Crippen molar-refractivity contribution in [3.8, 4) is 0 Å². The Balaban J connectivity index is 2.65. The van der Waals surface area contributed by atoms with Crippen LogP contribution in [-0.4, -0.2) is 16.9 Å². The lowest BCUT2D eigenvalue weighted by molar-refractivity contribution is -0.141. The van der Waals surface area contributed by atoms with Gasteiger partial charge < -0.3 is 10.8 Å². The summed E-state index contributed by atoms with van der Waals surface area (Å²) in [6.07, 6.45) is 2.82. The van der Waals surface area contributed by atoms with Gasteiger partial charge in [0.05, 0.1) is 0 Å². The summed E-state index contributed by atoms with van der Waals surface area (Å²) >= 11 is 0. The van der Waals surface area contributed by atoms with E-state index >= 15 is 0 Å². The molecule has 1 aromatic rings. The number of benzene rings is 1. The highest BCUT2D eigenvalue weighted by Crippen LogP contribution is 2.31. The van der Waals surface area contributed by atoms with E-state index in [9.17, 15) is 9.59 Å². The van der Waals surface area contributed by atoms with Crippen molar-refractivity contribution in [1.82, 2.24) is 0 Å². The minimum Gasteiger partial charge on any atom is -0.480 e. The Morgan fingerprint density at radius 2 is 2.07 bits per heavy atom. The summed E-state index contributed by atoms with van der Waals surface area (Å²) in [5.41, 5.74) is 7.28. The molecule has 0 radical (unpaired) electrons. The summed E-state index contributed by atoms with van der Waals surface area (Å²) in [6, 6.07) is 4.94. The molecule has 1 aliphatic rings. The molecule has 4 nitrogen and oxygen atoms in total. The molecule has 4 heteroatoms. The van der Waals surface area contributed by atoms with Gasteiger partial charge in [0.1, 0.15) is 5.92 Å². The van der Waals surface area contributed by atoms with Crippen LogP contribution in [0.15, 0.2) is 24.3 Å². The number of fused-ring (bicyclic) bond motifs is 1. The fraction of sp³-hybridized carbons (Fsp3) is 0.0909. The van der Waals surface area contributed by atoms with Gasteiger partial charge in [0.2, 0.25) is 0 Å². The number of allylic oxidation sites excluding steroid dienone is 1. The molecule has 2 rings (SSSR count). The van der Waals surface area contributed by atoms with E-state index in [0.717, 1.165) is 0 Å². The maximum Gasteiger partial charge on any atom is 0.318 e. The van der Waals surface area contributed by atoms with Gasteiger partial charge in [-0.15, -0.1) is 0 Å². The highest BCUT2D eigenvalue weighted by molar-refractivity contribution is 6.13. The fourth-order valence-electron chi connectivity index (χ4n) is 1.72. The quantitative estimate of drug-likeness (QED) is 0.527. The zero-order chi connectivity index (χ0) is 11.0. The van der Waals surface area contributed by atoms with E-state index in [1.807, 2.05) is 0 Å². The molecular formula is C11H9NO3. The molecule has 0 amide bonds. The number of carbonyl (C=O) groups is 2. The summed E-state index contributed by atoms with van der Waals surface area (Å²) in [5, 5.41) is 8.95. The van der Waals surface area contributed by atoms with Gasteiger partial charge in [-0.05, 0) is 23.8 Å². The molecule has 0 aromatic heterocycles. The normalized spacial score (nSPS) is 18.7. The number of rotatable bonds is 1. The Hall–Kier alpha value is -2.10. The number of ketones is 1. The van der Waals surface area contributed by atoms with Crippen molar-refractivity contribution < 1.29 is 14.7 Å². The number of anilines is 1. The molecule has 1 atom stereocenters. The number of hydrogen-bond acceptors (Lipinski definition) is 3. The van der Waals surface area contributed by atoms with E-state index < -0.39 is 17.7 Å². The van der Waals surface area contributed by atoms with E-state index in [-0.39, 0.29) is 0 Å². The van der Waals surface area contributed by atoms with Crippen molar-refractivity contribution in [2.45, 2.75) is 5.92 Å². The predicted molar refractivity (Wildman–Crippen MR) is 55.3 cm³/mol. The van der Waals surface area contributed by atoms with E-state index in [1.54, 1.807) is 24.3 Å². The second-order valence-electron chi connectivity index (χ2n) is 3.36. The number of nitrogen functional groups attached to an aromatic ring is 1. The maximum absolute atomic E-state index is 11.4.